The maximum Gasteiger partial charge on any atom is 1.00 e. The second-order valence-electron chi connectivity index (χ2n) is 3.53. The summed E-state index contributed by atoms with van der Waals surface area (Å²) < 4.78 is 2.74. The summed E-state index contributed by atoms with van der Waals surface area (Å²) in [7, 11) is 3.63. The molecule has 0 amide bonds. The van der Waals surface area contributed by atoms with Gasteiger partial charge in [0.2, 0.25) is 0 Å². The molecule has 0 saturated carbocycles. The smallest absolute Gasteiger partial charge is 0.548 e. The first-order chi connectivity index (χ1) is 8.58. The van der Waals surface area contributed by atoms with Gasteiger partial charge in [-0.2, -0.15) is 0 Å². The predicted molar refractivity (Wildman–Crippen MR) is 66.9 cm³/mol. The number of carboxylic acid groups (broad SMARTS) is 1. The van der Waals surface area contributed by atoms with Gasteiger partial charge in [-0.15, -0.1) is 0 Å². The zero-order chi connectivity index (χ0) is 13.1. The maximum atomic E-state index is 11.1. The van der Waals surface area contributed by atoms with E-state index in [1.807, 2.05) is 14.1 Å². The molecule has 6 nitrogen and oxygen atoms in total. The van der Waals surface area contributed by atoms with Gasteiger partial charge in [0.15, 0.2) is 10.3 Å². The third-order valence-electron chi connectivity index (χ3n) is 2.17. The number of aryl methyl sites for hydroxylation is 2. The molecule has 19 heavy (non-hydrogen) atoms. The molecule has 2 rings (SSSR count). The summed E-state index contributed by atoms with van der Waals surface area (Å²) in [4.78, 5) is 19.3. The molecule has 2 aromatic rings. The molecule has 0 aliphatic carbocycles. The minimum Gasteiger partial charge on any atom is -0.548 e. The van der Waals surface area contributed by atoms with Crippen molar-refractivity contribution in [1.29, 1.82) is 0 Å². The Kier molecular flexibility index (Phi) is 6.48. The van der Waals surface area contributed by atoms with Crippen LogP contribution in [0.1, 0.15) is 0 Å². The molecular formula is C10H11N4NaO2S2. The van der Waals surface area contributed by atoms with Crippen molar-refractivity contribution >= 4 is 29.5 Å². The monoisotopic (exact) mass is 306 g/mol. The minimum atomic E-state index is -1.14. The van der Waals surface area contributed by atoms with Gasteiger partial charge >= 0.3 is 29.6 Å². The fourth-order valence-electron chi connectivity index (χ4n) is 1.24. The van der Waals surface area contributed by atoms with E-state index in [-0.39, 0.29) is 29.6 Å². The van der Waals surface area contributed by atoms with Gasteiger partial charge in [0.25, 0.3) is 0 Å². The number of imidazole rings is 2. The normalized spacial score (nSPS) is 10.5. The van der Waals surface area contributed by atoms with Crippen LogP contribution in [0.3, 0.4) is 0 Å². The van der Waals surface area contributed by atoms with Crippen molar-refractivity contribution < 1.29 is 39.5 Å². The first-order valence-electron chi connectivity index (χ1n) is 5.06. The number of carbonyl (C=O) groups is 1. The molecule has 0 aromatic carbocycles. The summed E-state index contributed by atoms with van der Waals surface area (Å²) in [5.41, 5.74) is 0. The van der Waals surface area contributed by atoms with Crippen molar-refractivity contribution in [1.82, 2.24) is 19.1 Å². The number of carbonyl (C=O) groups excluding carboxylic acids is 1. The topological polar surface area (TPSA) is 75.8 Å². The van der Waals surface area contributed by atoms with Crippen molar-refractivity contribution in [2.24, 2.45) is 14.1 Å². The standard InChI is InChI=1S/C10H12N4O2S2.Na/c1-13-5-3-11-9(13)17-8(7(15)16)18-10-12-4-6-14(10)2;/h3-6,8H,1-2H3,(H,15,16);/q;+1/p-1. The number of hydrogen-bond acceptors (Lipinski definition) is 6. The number of hydrogen-bond donors (Lipinski definition) is 0. The molecule has 0 spiro atoms. The fourth-order valence-corrected chi connectivity index (χ4v) is 3.22. The third-order valence-corrected chi connectivity index (χ3v) is 4.77. The molecule has 9 heteroatoms. The molecule has 0 bridgehead atoms. The van der Waals surface area contributed by atoms with Gasteiger partial charge in [-0.05, 0) is 0 Å². The number of carboxylic acids is 1. The Morgan fingerprint density at radius 2 is 1.58 bits per heavy atom. The average molecular weight is 306 g/mol. The quantitative estimate of drug-likeness (QED) is 0.335. The number of thioether (sulfide) groups is 2. The SMILES string of the molecule is Cn1ccnc1SC(Sc1nccn1C)C(=O)[O-].[Na+]. The van der Waals surface area contributed by atoms with Crippen molar-refractivity contribution in [3.8, 4) is 0 Å². The summed E-state index contributed by atoms with van der Waals surface area (Å²) in [6.45, 7) is 0. The second-order valence-corrected chi connectivity index (χ2v) is 5.97. The Morgan fingerprint density at radius 3 is 1.84 bits per heavy atom. The Balaban J connectivity index is 0.00000180. The van der Waals surface area contributed by atoms with Crippen LogP contribution in [0.5, 0.6) is 0 Å². The predicted octanol–water partition coefficient (Wildman–Crippen LogP) is -2.88. The molecule has 0 aliphatic rings. The molecule has 0 N–H and O–H groups in total. The van der Waals surface area contributed by atoms with E-state index in [0.717, 1.165) is 23.5 Å². The van der Waals surface area contributed by atoms with Crippen molar-refractivity contribution in [3.05, 3.63) is 24.8 Å². The maximum absolute atomic E-state index is 11.1. The molecule has 0 atom stereocenters. The van der Waals surface area contributed by atoms with Gasteiger partial charge in [-0.25, -0.2) is 9.97 Å². The van der Waals surface area contributed by atoms with Gasteiger partial charge in [0, 0.05) is 38.9 Å². The van der Waals surface area contributed by atoms with Crippen molar-refractivity contribution in [2.45, 2.75) is 14.9 Å². The van der Waals surface area contributed by atoms with Crippen LogP contribution in [-0.4, -0.2) is 29.7 Å². The van der Waals surface area contributed by atoms with E-state index in [2.05, 4.69) is 9.97 Å². The number of rotatable bonds is 5. The van der Waals surface area contributed by atoms with E-state index in [4.69, 9.17) is 0 Å². The van der Waals surface area contributed by atoms with Crippen LogP contribution in [0.25, 0.3) is 0 Å². The Hall–Kier alpha value is -0.410. The molecule has 2 heterocycles. The Morgan fingerprint density at radius 1 is 1.16 bits per heavy atom. The van der Waals surface area contributed by atoms with Gasteiger partial charge in [-0.3, -0.25) is 0 Å². The van der Waals surface area contributed by atoms with E-state index >= 15 is 0 Å². The van der Waals surface area contributed by atoms with Crippen molar-refractivity contribution in [3.63, 3.8) is 0 Å². The number of nitrogens with zero attached hydrogens (tertiary/aromatic N) is 4. The van der Waals surface area contributed by atoms with Crippen LogP contribution in [-0.2, 0) is 18.9 Å². The van der Waals surface area contributed by atoms with E-state index in [1.165, 1.54) is 0 Å². The summed E-state index contributed by atoms with van der Waals surface area (Å²) in [5.74, 6) is -1.14. The Bertz CT molecular complexity index is 515. The van der Waals surface area contributed by atoms with Gasteiger partial charge in [-0.1, -0.05) is 23.5 Å². The van der Waals surface area contributed by atoms with Crippen molar-refractivity contribution in [2.75, 3.05) is 0 Å². The molecule has 0 radical (unpaired) electrons. The first-order valence-corrected chi connectivity index (χ1v) is 6.82. The minimum absolute atomic E-state index is 0. The molecule has 0 unspecified atom stereocenters. The largest absolute Gasteiger partial charge is 1.00 e. The van der Waals surface area contributed by atoms with E-state index in [9.17, 15) is 9.90 Å². The van der Waals surface area contributed by atoms with Gasteiger partial charge in [0.1, 0.15) is 4.58 Å². The van der Waals surface area contributed by atoms with Gasteiger partial charge < -0.3 is 19.0 Å². The number of aliphatic carboxylic acids is 1. The summed E-state index contributed by atoms with van der Waals surface area (Å²) in [5, 5.41) is 12.4. The average Bonchev–Trinajstić information content (AvgIpc) is 2.88. The Labute approximate surface area is 141 Å². The third kappa shape index (κ3) is 4.28. The van der Waals surface area contributed by atoms with Crippen LogP contribution < -0.4 is 34.7 Å². The van der Waals surface area contributed by atoms with Crippen LogP contribution in [0.15, 0.2) is 35.1 Å². The summed E-state index contributed by atoms with van der Waals surface area (Å²) in [6, 6.07) is 0. The summed E-state index contributed by atoms with van der Waals surface area (Å²) >= 11 is 2.27. The van der Waals surface area contributed by atoms with E-state index < -0.39 is 10.6 Å². The molecule has 2 aromatic heterocycles. The van der Waals surface area contributed by atoms with Crippen LogP contribution in [0.4, 0.5) is 0 Å². The van der Waals surface area contributed by atoms with Crippen LogP contribution >= 0.6 is 23.5 Å². The van der Waals surface area contributed by atoms with E-state index in [1.54, 1.807) is 33.9 Å². The second kappa shape index (κ2) is 7.39. The van der Waals surface area contributed by atoms with E-state index in [0.29, 0.717) is 10.3 Å². The zero-order valence-electron chi connectivity index (χ0n) is 10.8. The van der Waals surface area contributed by atoms with Crippen LogP contribution in [0, 0.1) is 0 Å². The summed E-state index contributed by atoms with van der Waals surface area (Å²) in [6.07, 6.45) is 6.78. The molecule has 0 fully saturated rings. The molecule has 96 valence electrons. The van der Waals surface area contributed by atoms with Crippen LogP contribution in [0.2, 0.25) is 0 Å². The van der Waals surface area contributed by atoms with Gasteiger partial charge in [0.05, 0.1) is 5.97 Å². The first kappa shape index (κ1) is 16.6. The molecular weight excluding hydrogens is 295 g/mol. The molecule has 0 aliphatic heterocycles. The zero-order valence-corrected chi connectivity index (χ0v) is 14.4. The number of aromatic nitrogens is 4. The fraction of sp³-hybridized carbons (Fsp3) is 0.300. The molecule has 0 saturated heterocycles.